The quantitative estimate of drug-likeness (QED) is 0.685. The number of fused-ring (bicyclic) bond motifs is 1. The molecular weight excluding hydrogens is 263 g/mol. The Kier molecular flexibility index (Phi) is 2.99. The summed E-state index contributed by atoms with van der Waals surface area (Å²) in [6.45, 7) is 2.53. The summed E-state index contributed by atoms with van der Waals surface area (Å²) in [5.41, 5.74) is 2.87. The van der Waals surface area contributed by atoms with Gasteiger partial charge in [-0.2, -0.15) is 0 Å². The third-order valence-electron chi connectivity index (χ3n) is 3.17. The average molecular weight is 275 g/mol. The van der Waals surface area contributed by atoms with Gasteiger partial charge in [-0.15, -0.1) is 0 Å². The van der Waals surface area contributed by atoms with E-state index in [0.29, 0.717) is 6.54 Å². The zero-order valence-electron chi connectivity index (χ0n) is 10.4. The van der Waals surface area contributed by atoms with Crippen molar-refractivity contribution < 1.29 is 4.39 Å². The van der Waals surface area contributed by atoms with Crippen LogP contribution in [0.25, 0.3) is 11.0 Å². The second-order valence-corrected chi connectivity index (χ2v) is 4.89. The molecular formula is C15H12ClFN2. The lowest BCUT2D eigenvalue weighted by atomic mass is 10.2. The van der Waals surface area contributed by atoms with E-state index in [-0.39, 0.29) is 10.8 Å². The number of hydrogen-bond donors (Lipinski definition) is 0. The second-order valence-electron chi connectivity index (χ2n) is 4.48. The van der Waals surface area contributed by atoms with Crippen LogP contribution in [-0.4, -0.2) is 9.55 Å². The van der Waals surface area contributed by atoms with Crippen LogP contribution in [0, 0.1) is 12.7 Å². The van der Waals surface area contributed by atoms with Crippen LogP contribution in [0.2, 0.25) is 5.02 Å². The molecule has 0 amide bonds. The molecule has 0 bridgehead atoms. The third-order valence-corrected chi connectivity index (χ3v) is 3.48. The van der Waals surface area contributed by atoms with Crippen LogP contribution in [0.5, 0.6) is 0 Å². The molecule has 0 saturated heterocycles. The Hall–Kier alpha value is -1.87. The van der Waals surface area contributed by atoms with Crippen molar-refractivity contribution in [2.75, 3.05) is 0 Å². The first kappa shape index (κ1) is 12.2. The standard InChI is InChI=1S/C15H12ClFN2/c1-10-18-14-4-2-3-5-15(14)19(10)9-11-6-7-12(16)13(17)8-11/h2-8H,9H2,1H3. The molecule has 0 N–H and O–H groups in total. The minimum atomic E-state index is -0.388. The number of para-hydroxylation sites is 2. The number of imidazole rings is 1. The van der Waals surface area contributed by atoms with E-state index in [9.17, 15) is 4.39 Å². The predicted molar refractivity (Wildman–Crippen MR) is 75.0 cm³/mol. The predicted octanol–water partition coefficient (Wildman–Crippen LogP) is 4.19. The van der Waals surface area contributed by atoms with E-state index in [1.54, 1.807) is 6.07 Å². The van der Waals surface area contributed by atoms with Gasteiger partial charge in [0.15, 0.2) is 0 Å². The van der Waals surface area contributed by atoms with Gasteiger partial charge in [-0.25, -0.2) is 9.37 Å². The van der Waals surface area contributed by atoms with Crippen molar-refractivity contribution in [2.24, 2.45) is 0 Å². The van der Waals surface area contributed by atoms with Crippen LogP contribution in [0.1, 0.15) is 11.4 Å². The number of halogens is 2. The molecule has 0 atom stereocenters. The number of aromatic nitrogens is 2. The van der Waals surface area contributed by atoms with Gasteiger partial charge in [0, 0.05) is 6.54 Å². The summed E-state index contributed by atoms with van der Waals surface area (Å²) >= 11 is 5.69. The number of aryl methyl sites for hydroxylation is 1. The van der Waals surface area contributed by atoms with Crippen LogP contribution in [0.15, 0.2) is 42.5 Å². The molecule has 0 saturated carbocycles. The molecule has 1 heterocycles. The van der Waals surface area contributed by atoms with E-state index in [0.717, 1.165) is 22.4 Å². The van der Waals surface area contributed by atoms with E-state index >= 15 is 0 Å². The minimum Gasteiger partial charge on any atom is -0.324 e. The van der Waals surface area contributed by atoms with E-state index in [1.807, 2.05) is 37.3 Å². The Labute approximate surface area is 115 Å². The fourth-order valence-electron chi connectivity index (χ4n) is 2.22. The first-order valence-electron chi connectivity index (χ1n) is 6.01. The highest BCUT2D eigenvalue weighted by molar-refractivity contribution is 6.30. The zero-order valence-corrected chi connectivity index (χ0v) is 11.2. The van der Waals surface area contributed by atoms with Crippen molar-refractivity contribution in [3.05, 3.63) is 64.7 Å². The van der Waals surface area contributed by atoms with Crippen molar-refractivity contribution in [1.29, 1.82) is 0 Å². The molecule has 2 aromatic carbocycles. The molecule has 3 aromatic rings. The summed E-state index contributed by atoms with van der Waals surface area (Å²) in [4.78, 5) is 4.49. The molecule has 0 aliphatic heterocycles. The van der Waals surface area contributed by atoms with Gasteiger partial charge in [0.25, 0.3) is 0 Å². The van der Waals surface area contributed by atoms with Gasteiger partial charge in [0.05, 0.1) is 16.1 Å². The maximum atomic E-state index is 13.5. The van der Waals surface area contributed by atoms with Crippen molar-refractivity contribution in [3.63, 3.8) is 0 Å². The van der Waals surface area contributed by atoms with Gasteiger partial charge in [-0.05, 0) is 36.8 Å². The molecule has 0 aliphatic carbocycles. The Balaban J connectivity index is 2.05. The van der Waals surface area contributed by atoms with Crippen molar-refractivity contribution >= 4 is 22.6 Å². The Morgan fingerprint density at radius 1 is 1.21 bits per heavy atom. The molecule has 0 fully saturated rings. The normalized spacial score (nSPS) is 11.1. The van der Waals surface area contributed by atoms with Crippen LogP contribution < -0.4 is 0 Å². The molecule has 19 heavy (non-hydrogen) atoms. The molecule has 2 nitrogen and oxygen atoms in total. The summed E-state index contributed by atoms with van der Waals surface area (Å²) in [5, 5.41) is 0.149. The lowest BCUT2D eigenvalue weighted by Gasteiger charge is -2.07. The number of benzene rings is 2. The van der Waals surface area contributed by atoms with E-state index in [2.05, 4.69) is 9.55 Å². The summed E-state index contributed by atoms with van der Waals surface area (Å²) in [7, 11) is 0. The molecule has 3 rings (SSSR count). The second kappa shape index (κ2) is 4.67. The first-order valence-corrected chi connectivity index (χ1v) is 6.39. The summed E-state index contributed by atoms with van der Waals surface area (Å²) in [6.07, 6.45) is 0. The minimum absolute atomic E-state index is 0.149. The molecule has 4 heteroatoms. The monoisotopic (exact) mass is 274 g/mol. The van der Waals surface area contributed by atoms with Gasteiger partial charge in [-0.1, -0.05) is 29.8 Å². The molecule has 96 valence electrons. The molecule has 0 unspecified atom stereocenters. The zero-order chi connectivity index (χ0) is 13.4. The van der Waals surface area contributed by atoms with Crippen molar-refractivity contribution in [3.8, 4) is 0 Å². The summed E-state index contributed by atoms with van der Waals surface area (Å²) in [6, 6.07) is 12.8. The maximum absolute atomic E-state index is 13.5. The summed E-state index contributed by atoms with van der Waals surface area (Å²) < 4.78 is 15.5. The molecule has 0 spiro atoms. The first-order chi connectivity index (χ1) is 9.15. The lowest BCUT2D eigenvalue weighted by Crippen LogP contribution is -2.02. The van der Waals surface area contributed by atoms with Gasteiger partial charge in [-0.3, -0.25) is 0 Å². The Bertz CT molecular complexity index is 749. The molecule has 0 aliphatic rings. The van der Waals surface area contributed by atoms with Crippen molar-refractivity contribution in [2.45, 2.75) is 13.5 Å². The van der Waals surface area contributed by atoms with E-state index in [1.165, 1.54) is 6.07 Å². The largest absolute Gasteiger partial charge is 0.324 e. The van der Waals surface area contributed by atoms with Gasteiger partial charge >= 0.3 is 0 Å². The van der Waals surface area contributed by atoms with Crippen molar-refractivity contribution in [1.82, 2.24) is 9.55 Å². The Morgan fingerprint density at radius 2 is 2.00 bits per heavy atom. The van der Waals surface area contributed by atoms with Crippen LogP contribution in [0.3, 0.4) is 0 Å². The number of rotatable bonds is 2. The SMILES string of the molecule is Cc1nc2ccccc2n1Cc1ccc(Cl)c(F)c1. The van der Waals surface area contributed by atoms with Crippen LogP contribution in [0.4, 0.5) is 4.39 Å². The van der Waals surface area contributed by atoms with Gasteiger partial charge < -0.3 is 4.57 Å². The molecule has 0 radical (unpaired) electrons. The fraction of sp³-hybridized carbons (Fsp3) is 0.133. The highest BCUT2D eigenvalue weighted by atomic mass is 35.5. The topological polar surface area (TPSA) is 17.8 Å². The van der Waals surface area contributed by atoms with E-state index < -0.39 is 0 Å². The molecule has 1 aromatic heterocycles. The van der Waals surface area contributed by atoms with Crippen LogP contribution >= 0.6 is 11.6 Å². The maximum Gasteiger partial charge on any atom is 0.142 e. The van der Waals surface area contributed by atoms with E-state index in [4.69, 9.17) is 11.6 Å². The Morgan fingerprint density at radius 3 is 2.79 bits per heavy atom. The highest BCUT2D eigenvalue weighted by Gasteiger charge is 2.08. The van der Waals surface area contributed by atoms with Gasteiger partial charge in [0.2, 0.25) is 0 Å². The smallest absolute Gasteiger partial charge is 0.142 e. The average Bonchev–Trinajstić information content (AvgIpc) is 2.71. The van der Waals surface area contributed by atoms with Gasteiger partial charge in [0.1, 0.15) is 11.6 Å². The fourth-order valence-corrected chi connectivity index (χ4v) is 2.33. The third kappa shape index (κ3) is 2.22. The highest BCUT2D eigenvalue weighted by Crippen LogP contribution is 2.20. The van der Waals surface area contributed by atoms with Crippen LogP contribution in [-0.2, 0) is 6.54 Å². The summed E-state index contributed by atoms with van der Waals surface area (Å²) in [5.74, 6) is 0.526. The number of hydrogen-bond acceptors (Lipinski definition) is 1. The lowest BCUT2D eigenvalue weighted by molar-refractivity contribution is 0.624. The number of nitrogens with zero attached hydrogens (tertiary/aromatic N) is 2.